The monoisotopic (exact) mass is 233 g/mol. The summed E-state index contributed by atoms with van der Waals surface area (Å²) in [5.74, 6) is 0.678. The minimum atomic E-state index is -0.0109. The van der Waals surface area contributed by atoms with Gasteiger partial charge in [0, 0.05) is 12.5 Å². The van der Waals surface area contributed by atoms with Crippen LogP contribution in [0.4, 0.5) is 0 Å². The number of alkyl halides is 1. The second kappa shape index (κ2) is 6.07. The molecule has 0 bridgehead atoms. The van der Waals surface area contributed by atoms with Gasteiger partial charge in [0.15, 0.2) is 0 Å². The van der Waals surface area contributed by atoms with E-state index >= 15 is 0 Å². The van der Waals surface area contributed by atoms with E-state index in [1.807, 2.05) is 0 Å². The van der Waals surface area contributed by atoms with Crippen LogP contribution in [0.2, 0.25) is 0 Å². The molecule has 0 aliphatic heterocycles. The molecule has 0 heterocycles. The summed E-state index contributed by atoms with van der Waals surface area (Å²) < 4.78 is 5.36. The first-order valence-electron chi connectivity index (χ1n) is 5.95. The molecule has 0 spiro atoms. The van der Waals surface area contributed by atoms with Gasteiger partial charge >= 0.3 is 0 Å². The van der Waals surface area contributed by atoms with Gasteiger partial charge in [-0.25, -0.2) is 0 Å². The van der Waals surface area contributed by atoms with Crippen LogP contribution in [0, 0.1) is 5.92 Å². The molecule has 90 valence electrons. The average Bonchev–Trinajstić information content (AvgIpc) is 2.59. The third-order valence-electron chi connectivity index (χ3n) is 3.43. The second-order valence-corrected chi connectivity index (χ2v) is 5.69. The summed E-state index contributed by atoms with van der Waals surface area (Å²) in [6, 6.07) is 0. The Bertz CT molecular complexity index is 184. The number of hydrogen-bond donors (Lipinski definition) is 1. The summed E-state index contributed by atoms with van der Waals surface area (Å²) in [4.78, 5) is 0. The number of hydrogen-bond acceptors (Lipinski definition) is 2. The summed E-state index contributed by atoms with van der Waals surface area (Å²) in [6.45, 7) is 6.32. The molecule has 2 unspecified atom stereocenters. The lowest BCUT2D eigenvalue weighted by molar-refractivity contribution is 0.0157. The van der Waals surface area contributed by atoms with Crippen molar-refractivity contribution < 1.29 is 4.74 Å². The topological polar surface area (TPSA) is 21.3 Å². The van der Waals surface area contributed by atoms with Gasteiger partial charge in [0.2, 0.25) is 0 Å². The molecule has 15 heavy (non-hydrogen) atoms. The lowest BCUT2D eigenvalue weighted by atomic mass is 10.0. The number of ether oxygens (including phenoxy) is 1. The fourth-order valence-electron chi connectivity index (χ4n) is 2.00. The lowest BCUT2D eigenvalue weighted by Gasteiger charge is -2.23. The van der Waals surface area contributed by atoms with Crippen molar-refractivity contribution in [3.8, 4) is 0 Å². The SMILES string of the molecule is COC(C)(C)CCNCC1CCCC1Cl. The van der Waals surface area contributed by atoms with E-state index in [4.69, 9.17) is 16.3 Å². The van der Waals surface area contributed by atoms with E-state index in [2.05, 4.69) is 19.2 Å². The molecule has 1 fully saturated rings. The molecule has 1 N–H and O–H groups in total. The summed E-state index contributed by atoms with van der Waals surface area (Å²) in [7, 11) is 1.77. The highest BCUT2D eigenvalue weighted by atomic mass is 35.5. The van der Waals surface area contributed by atoms with E-state index in [1.165, 1.54) is 19.3 Å². The molecule has 1 saturated carbocycles. The van der Waals surface area contributed by atoms with E-state index in [9.17, 15) is 0 Å². The molecule has 0 saturated heterocycles. The summed E-state index contributed by atoms with van der Waals surface area (Å²) in [5.41, 5.74) is -0.0109. The molecule has 0 radical (unpaired) electrons. The van der Waals surface area contributed by atoms with Crippen LogP contribution in [0.3, 0.4) is 0 Å². The van der Waals surface area contributed by atoms with E-state index in [0.29, 0.717) is 11.3 Å². The number of methoxy groups -OCH3 is 1. The molecule has 1 rings (SSSR count). The summed E-state index contributed by atoms with van der Waals surface area (Å²) >= 11 is 6.21. The van der Waals surface area contributed by atoms with Crippen LogP contribution >= 0.6 is 11.6 Å². The maximum absolute atomic E-state index is 6.21. The van der Waals surface area contributed by atoms with Crippen molar-refractivity contribution in [3.05, 3.63) is 0 Å². The van der Waals surface area contributed by atoms with Gasteiger partial charge in [-0.2, -0.15) is 0 Å². The molecule has 0 aromatic heterocycles. The Hall–Kier alpha value is 0.210. The Balaban J connectivity index is 2.06. The fraction of sp³-hybridized carbons (Fsp3) is 1.00. The van der Waals surface area contributed by atoms with Gasteiger partial charge in [0.25, 0.3) is 0 Å². The highest BCUT2D eigenvalue weighted by Gasteiger charge is 2.24. The third kappa shape index (κ3) is 4.71. The van der Waals surface area contributed by atoms with Gasteiger partial charge in [-0.05, 0) is 52.1 Å². The van der Waals surface area contributed by atoms with Crippen molar-refractivity contribution in [1.29, 1.82) is 0 Å². The minimum Gasteiger partial charge on any atom is -0.379 e. The van der Waals surface area contributed by atoms with Gasteiger partial charge in [0.05, 0.1) is 5.60 Å². The Labute approximate surface area is 98.7 Å². The second-order valence-electron chi connectivity index (χ2n) is 5.12. The number of nitrogens with one attached hydrogen (secondary N) is 1. The summed E-state index contributed by atoms with van der Waals surface area (Å²) in [5, 5.41) is 3.88. The molecule has 0 aromatic carbocycles. The zero-order valence-electron chi connectivity index (χ0n) is 10.2. The van der Waals surface area contributed by atoms with Crippen molar-refractivity contribution in [2.45, 2.75) is 50.5 Å². The zero-order chi connectivity index (χ0) is 11.3. The number of halogens is 1. The van der Waals surface area contributed by atoms with E-state index in [1.54, 1.807) is 7.11 Å². The fourth-order valence-corrected chi connectivity index (χ4v) is 2.37. The van der Waals surface area contributed by atoms with Crippen molar-refractivity contribution in [3.63, 3.8) is 0 Å². The Morgan fingerprint density at radius 2 is 2.13 bits per heavy atom. The maximum atomic E-state index is 6.21. The van der Waals surface area contributed by atoms with Gasteiger partial charge in [-0.1, -0.05) is 6.42 Å². The molecule has 2 atom stereocenters. The van der Waals surface area contributed by atoms with Crippen molar-refractivity contribution in [1.82, 2.24) is 5.32 Å². The van der Waals surface area contributed by atoms with Crippen molar-refractivity contribution in [2.75, 3.05) is 20.2 Å². The highest BCUT2D eigenvalue weighted by molar-refractivity contribution is 6.20. The first kappa shape index (κ1) is 13.3. The number of rotatable bonds is 6. The predicted molar refractivity (Wildman–Crippen MR) is 65.6 cm³/mol. The van der Waals surface area contributed by atoms with Crippen LogP contribution in [-0.4, -0.2) is 31.2 Å². The average molecular weight is 234 g/mol. The Kier molecular flexibility index (Phi) is 5.37. The molecule has 1 aliphatic carbocycles. The quantitative estimate of drug-likeness (QED) is 0.563. The third-order valence-corrected chi connectivity index (χ3v) is 4.00. The molecule has 0 amide bonds. The van der Waals surface area contributed by atoms with Crippen LogP contribution < -0.4 is 5.32 Å². The largest absolute Gasteiger partial charge is 0.379 e. The summed E-state index contributed by atoms with van der Waals surface area (Å²) in [6.07, 6.45) is 4.82. The normalized spacial score (nSPS) is 27.2. The highest BCUT2D eigenvalue weighted by Crippen LogP contribution is 2.29. The molecular weight excluding hydrogens is 210 g/mol. The van der Waals surface area contributed by atoms with Gasteiger partial charge < -0.3 is 10.1 Å². The minimum absolute atomic E-state index is 0.0109. The molecule has 1 aliphatic rings. The van der Waals surface area contributed by atoms with Gasteiger partial charge in [-0.15, -0.1) is 11.6 Å². The smallest absolute Gasteiger partial charge is 0.0634 e. The Morgan fingerprint density at radius 3 is 2.67 bits per heavy atom. The van der Waals surface area contributed by atoms with Crippen LogP contribution in [0.15, 0.2) is 0 Å². The molecule has 3 heteroatoms. The van der Waals surface area contributed by atoms with Crippen LogP contribution in [0.1, 0.15) is 39.5 Å². The van der Waals surface area contributed by atoms with Gasteiger partial charge in [0.1, 0.15) is 0 Å². The standard InChI is InChI=1S/C12H24ClNO/c1-12(2,15-3)7-8-14-9-10-5-4-6-11(10)13/h10-11,14H,4-9H2,1-3H3. The zero-order valence-corrected chi connectivity index (χ0v) is 10.9. The van der Waals surface area contributed by atoms with E-state index in [-0.39, 0.29) is 5.60 Å². The van der Waals surface area contributed by atoms with E-state index < -0.39 is 0 Å². The van der Waals surface area contributed by atoms with Crippen molar-refractivity contribution >= 4 is 11.6 Å². The molecular formula is C12H24ClNO. The Morgan fingerprint density at radius 1 is 1.40 bits per heavy atom. The van der Waals surface area contributed by atoms with Gasteiger partial charge in [-0.3, -0.25) is 0 Å². The first-order valence-corrected chi connectivity index (χ1v) is 6.39. The molecule has 0 aromatic rings. The van der Waals surface area contributed by atoms with Crippen molar-refractivity contribution in [2.24, 2.45) is 5.92 Å². The van der Waals surface area contributed by atoms with Crippen LogP contribution in [-0.2, 0) is 4.74 Å². The molecule has 2 nitrogen and oxygen atoms in total. The van der Waals surface area contributed by atoms with Crippen LogP contribution in [0.5, 0.6) is 0 Å². The van der Waals surface area contributed by atoms with E-state index in [0.717, 1.165) is 19.5 Å². The lowest BCUT2D eigenvalue weighted by Crippen LogP contribution is -2.32. The first-order chi connectivity index (χ1) is 7.05. The predicted octanol–water partition coefficient (Wildman–Crippen LogP) is 2.80. The maximum Gasteiger partial charge on any atom is 0.0634 e. The van der Waals surface area contributed by atoms with Crippen LogP contribution in [0.25, 0.3) is 0 Å².